The van der Waals surface area contributed by atoms with Crippen molar-refractivity contribution in [3.05, 3.63) is 28.8 Å². The summed E-state index contributed by atoms with van der Waals surface area (Å²) >= 11 is 5.99. The second-order valence-corrected chi connectivity index (χ2v) is 6.27. The number of ether oxygens (including phenoxy) is 1. The summed E-state index contributed by atoms with van der Waals surface area (Å²) in [6, 6.07) is 5.63. The highest BCUT2D eigenvalue weighted by Crippen LogP contribution is 2.21. The first kappa shape index (κ1) is 16.1. The normalized spacial score (nSPS) is 19.0. The summed E-state index contributed by atoms with van der Waals surface area (Å²) in [7, 11) is 1.56. The Labute approximate surface area is 131 Å². The number of methoxy groups -OCH3 is 1. The number of carbonyl (C=O) groups excluding carboxylic acids is 1. The topological polar surface area (TPSA) is 41.6 Å². The van der Waals surface area contributed by atoms with Gasteiger partial charge in [-0.2, -0.15) is 0 Å². The van der Waals surface area contributed by atoms with E-state index in [-0.39, 0.29) is 5.91 Å². The molecule has 0 saturated carbocycles. The minimum Gasteiger partial charge on any atom is -0.497 e. The predicted octanol–water partition coefficient (Wildman–Crippen LogP) is 2.81. The van der Waals surface area contributed by atoms with Gasteiger partial charge in [0.25, 0.3) is 5.91 Å². The van der Waals surface area contributed by atoms with E-state index in [2.05, 4.69) is 24.1 Å². The minimum atomic E-state index is -0.0983. The maximum Gasteiger partial charge on any atom is 0.251 e. The van der Waals surface area contributed by atoms with Crippen molar-refractivity contribution in [1.29, 1.82) is 0 Å². The van der Waals surface area contributed by atoms with Crippen molar-refractivity contribution >= 4 is 17.5 Å². The highest BCUT2D eigenvalue weighted by molar-refractivity contribution is 6.31. The highest BCUT2D eigenvalue weighted by Gasteiger charge is 2.24. The average Bonchev–Trinajstić information content (AvgIpc) is 2.93. The van der Waals surface area contributed by atoms with Crippen molar-refractivity contribution < 1.29 is 9.53 Å². The molecule has 1 N–H and O–H groups in total. The summed E-state index contributed by atoms with van der Waals surface area (Å²) in [5.41, 5.74) is 0.540. The summed E-state index contributed by atoms with van der Waals surface area (Å²) in [6.45, 7) is 7.29. The van der Waals surface area contributed by atoms with E-state index in [1.165, 1.54) is 0 Å². The molecule has 4 nitrogen and oxygen atoms in total. The number of hydrogen-bond donors (Lipinski definition) is 1. The standard InChI is InChI=1S/C16H23ClN2O2/c1-11(2)19-5-4-12(10-19)9-18-16(20)13-6-14(17)8-15(7-13)21-3/h6-8,11-12H,4-5,9-10H2,1-3H3,(H,18,20). The van der Waals surface area contributed by atoms with E-state index >= 15 is 0 Å². The lowest BCUT2D eigenvalue weighted by atomic mass is 10.1. The number of benzene rings is 1. The smallest absolute Gasteiger partial charge is 0.251 e. The van der Waals surface area contributed by atoms with Crippen LogP contribution in [-0.4, -0.2) is 43.6 Å². The quantitative estimate of drug-likeness (QED) is 0.909. The summed E-state index contributed by atoms with van der Waals surface area (Å²) in [5.74, 6) is 1.02. The van der Waals surface area contributed by atoms with Crippen LogP contribution >= 0.6 is 11.6 Å². The summed E-state index contributed by atoms with van der Waals surface area (Å²) in [5, 5.41) is 3.50. The maximum atomic E-state index is 12.2. The van der Waals surface area contributed by atoms with Gasteiger partial charge in [0.05, 0.1) is 7.11 Å². The van der Waals surface area contributed by atoms with Crippen LogP contribution < -0.4 is 10.1 Å². The van der Waals surface area contributed by atoms with E-state index in [0.717, 1.165) is 19.5 Å². The van der Waals surface area contributed by atoms with Gasteiger partial charge in [-0.05, 0) is 50.9 Å². The molecule has 1 unspecified atom stereocenters. The van der Waals surface area contributed by atoms with E-state index in [1.54, 1.807) is 25.3 Å². The van der Waals surface area contributed by atoms with Gasteiger partial charge in [0.2, 0.25) is 0 Å². The molecule has 1 amide bonds. The molecule has 1 saturated heterocycles. The van der Waals surface area contributed by atoms with Crippen LogP contribution in [0.2, 0.25) is 5.02 Å². The lowest BCUT2D eigenvalue weighted by molar-refractivity contribution is 0.0947. The second-order valence-electron chi connectivity index (χ2n) is 5.83. The van der Waals surface area contributed by atoms with Crippen molar-refractivity contribution in [1.82, 2.24) is 10.2 Å². The van der Waals surface area contributed by atoms with Crippen LogP contribution in [0, 0.1) is 5.92 Å². The predicted molar refractivity (Wildman–Crippen MR) is 85.2 cm³/mol. The second kappa shape index (κ2) is 7.14. The zero-order valence-corrected chi connectivity index (χ0v) is 13.6. The maximum absolute atomic E-state index is 12.2. The average molecular weight is 311 g/mol. The Morgan fingerprint density at radius 1 is 1.48 bits per heavy atom. The highest BCUT2D eigenvalue weighted by atomic mass is 35.5. The molecule has 0 aliphatic carbocycles. The molecule has 1 aromatic rings. The fraction of sp³-hybridized carbons (Fsp3) is 0.562. The zero-order chi connectivity index (χ0) is 15.4. The first-order valence-corrected chi connectivity index (χ1v) is 7.74. The largest absolute Gasteiger partial charge is 0.497 e. The minimum absolute atomic E-state index is 0.0983. The molecule has 1 aliphatic rings. The van der Waals surface area contributed by atoms with Crippen LogP contribution in [0.1, 0.15) is 30.6 Å². The molecule has 116 valence electrons. The van der Waals surface area contributed by atoms with Gasteiger partial charge in [0.15, 0.2) is 0 Å². The molecule has 1 atom stereocenters. The number of likely N-dealkylation sites (tertiary alicyclic amines) is 1. The first-order valence-electron chi connectivity index (χ1n) is 7.36. The van der Waals surface area contributed by atoms with Crippen molar-refractivity contribution in [2.45, 2.75) is 26.3 Å². The molecule has 0 spiro atoms. The van der Waals surface area contributed by atoms with Crippen LogP contribution in [-0.2, 0) is 0 Å². The Balaban J connectivity index is 1.89. The molecule has 1 aliphatic heterocycles. The number of amides is 1. The summed E-state index contributed by atoms with van der Waals surface area (Å²) in [6.07, 6.45) is 1.14. The third-order valence-electron chi connectivity index (χ3n) is 3.97. The molecular weight excluding hydrogens is 288 g/mol. The van der Waals surface area contributed by atoms with Gasteiger partial charge in [-0.1, -0.05) is 11.6 Å². The first-order chi connectivity index (χ1) is 9.99. The molecule has 0 aromatic heterocycles. The fourth-order valence-electron chi connectivity index (χ4n) is 2.65. The van der Waals surface area contributed by atoms with Gasteiger partial charge >= 0.3 is 0 Å². The van der Waals surface area contributed by atoms with E-state index < -0.39 is 0 Å². The van der Waals surface area contributed by atoms with E-state index in [0.29, 0.717) is 34.8 Å². The molecular formula is C16H23ClN2O2. The van der Waals surface area contributed by atoms with Gasteiger partial charge in [-0.25, -0.2) is 0 Å². The number of carbonyl (C=O) groups is 1. The lowest BCUT2D eigenvalue weighted by Gasteiger charge is -2.20. The van der Waals surface area contributed by atoms with Crippen molar-refractivity contribution in [2.75, 3.05) is 26.7 Å². The zero-order valence-electron chi connectivity index (χ0n) is 12.9. The van der Waals surface area contributed by atoms with Gasteiger partial charge in [0.1, 0.15) is 5.75 Å². The lowest BCUT2D eigenvalue weighted by Crippen LogP contribution is -2.33. The summed E-state index contributed by atoms with van der Waals surface area (Å²) < 4.78 is 5.13. The SMILES string of the molecule is COc1cc(Cl)cc(C(=O)NCC2CCN(C(C)C)C2)c1. The Kier molecular flexibility index (Phi) is 5.48. The van der Waals surface area contributed by atoms with Crippen LogP contribution in [0.3, 0.4) is 0 Å². The fourth-order valence-corrected chi connectivity index (χ4v) is 2.87. The molecule has 5 heteroatoms. The van der Waals surface area contributed by atoms with Crippen LogP contribution in [0.4, 0.5) is 0 Å². The van der Waals surface area contributed by atoms with Gasteiger partial charge < -0.3 is 15.0 Å². The third kappa shape index (κ3) is 4.35. The van der Waals surface area contributed by atoms with Crippen LogP contribution in [0.25, 0.3) is 0 Å². The molecule has 0 bridgehead atoms. The number of halogens is 1. The van der Waals surface area contributed by atoms with E-state index in [9.17, 15) is 4.79 Å². The Bertz CT molecular complexity index is 505. The van der Waals surface area contributed by atoms with Crippen molar-refractivity contribution in [3.8, 4) is 5.75 Å². The molecule has 1 aromatic carbocycles. The Morgan fingerprint density at radius 3 is 2.86 bits per heavy atom. The number of nitrogens with zero attached hydrogens (tertiary/aromatic N) is 1. The van der Waals surface area contributed by atoms with Crippen LogP contribution in [0.5, 0.6) is 5.75 Å². The molecule has 21 heavy (non-hydrogen) atoms. The van der Waals surface area contributed by atoms with E-state index in [4.69, 9.17) is 16.3 Å². The Morgan fingerprint density at radius 2 is 2.24 bits per heavy atom. The van der Waals surface area contributed by atoms with Crippen molar-refractivity contribution in [3.63, 3.8) is 0 Å². The van der Waals surface area contributed by atoms with Crippen molar-refractivity contribution in [2.24, 2.45) is 5.92 Å². The molecule has 1 heterocycles. The molecule has 1 fully saturated rings. The molecule has 0 radical (unpaired) electrons. The Hall–Kier alpha value is -1.26. The third-order valence-corrected chi connectivity index (χ3v) is 4.19. The van der Waals surface area contributed by atoms with Gasteiger partial charge in [-0.15, -0.1) is 0 Å². The van der Waals surface area contributed by atoms with Crippen LogP contribution in [0.15, 0.2) is 18.2 Å². The van der Waals surface area contributed by atoms with Gasteiger partial charge in [0, 0.05) is 29.7 Å². The number of hydrogen-bond acceptors (Lipinski definition) is 3. The summed E-state index contributed by atoms with van der Waals surface area (Å²) in [4.78, 5) is 14.6. The monoisotopic (exact) mass is 310 g/mol. The number of nitrogens with one attached hydrogen (secondary N) is 1. The van der Waals surface area contributed by atoms with Gasteiger partial charge in [-0.3, -0.25) is 4.79 Å². The number of rotatable bonds is 5. The van der Waals surface area contributed by atoms with E-state index in [1.807, 2.05) is 0 Å². The molecule has 2 rings (SSSR count).